The Labute approximate surface area is 57.9 Å². The van der Waals surface area contributed by atoms with Gasteiger partial charge in [-0.3, -0.25) is 4.79 Å². The predicted octanol–water partition coefficient (Wildman–Crippen LogP) is 1.16. The minimum Gasteiger partial charge on any atom is -0.457 e. The van der Waals surface area contributed by atoms with Crippen molar-refractivity contribution in [2.45, 2.75) is 6.42 Å². The molecule has 0 fully saturated rings. The molecule has 0 saturated heterocycles. The van der Waals surface area contributed by atoms with Gasteiger partial charge >= 0.3 is 0 Å². The topological polar surface area (TPSA) is 54.0 Å². The van der Waals surface area contributed by atoms with E-state index >= 15 is 0 Å². The van der Waals surface area contributed by atoms with Gasteiger partial charge < -0.3 is 4.42 Å². The second-order valence-electron chi connectivity index (χ2n) is 1.76. The zero-order chi connectivity index (χ0) is 7.40. The number of furan rings is 1. The molecule has 0 atom stereocenters. The predicted molar refractivity (Wildman–Crippen MR) is 33.4 cm³/mol. The summed E-state index contributed by atoms with van der Waals surface area (Å²) >= 11 is 0. The van der Waals surface area contributed by atoms with Crippen LogP contribution in [0.25, 0.3) is 0 Å². The minimum absolute atomic E-state index is 0.216. The summed E-state index contributed by atoms with van der Waals surface area (Å²) in [6, 6.07) is 5.07. The van der Waals surface area contributed by atoms with Gasteiger partial charge in [0.05, 0.1) is 12.5 Å². The van der Waals surface area contributed by atoms with Crippen molar-refractivity contribution in [3.8, 4) is 6.07 Å². The maximum absolute atomic E-state index is 10.0. The summed E-state index contributed by atoms with van der Waals surface area (Å²) in [5.41, 5.74) is 0. The fourth-order valence-corrected chi connectivity index (χ4v) is 0.631. The van der Waals surface area contributed by atoms with Crippen molar-refractivity contribution >= 4 is 6.29 Å². The van der Waals surface area contributed by atoms with Crippen molar-refractivity contribution in [3.05, 3.63) is 23.7 Å². The highest BCUT2D eigenvalue weighted by Crippen LogP contribution is 2.04. The molecule has 0 aliphatic rings. The molecular weight excluding hydrogens is 130 g/mol. The summed E-state index contributed by atoms with van der Waals surface area (Å²) in [7, 11) is 0. The lowest BCUT2D eigenvalue weighted by molar-refractivity contribution is 0.109. The summed E-state index contributed by atoms with van der Waals surface area (Å²) in [4.78, 5) is 10.0. The molecule has 0 aliphatic carbocycles. The zero-order valence-electron chi connectivity index (χ0n) is 5.20. The van der Waals surface area contributed by atoms with Crippen LogP contribution in [0.5, 0.6) is 0 Å². The Morgan fingerprint density at radius 1 is 1.70 bits per heavy atom. The lowest BCUT2D eigenvalue weighted by Crippen LogP contribution is -1.73. The summed E-state index contributed by atoms with van der Waals surface area (Å²) in [6.45, 7) is 0. The molecule has 0 bridgehead atoms. The Bertz CT molecular complexity index is 269. The fraction of sp³-hybridized carbons (Fsp3) is 0.143. The Hall–Kier alpha value is -1.56. The third-order valence-electron chi connectivity index (χ3n) is 1.05. The van der Waals surface area contributed by atoms with Gasteiger partial charge in [0.2, 0.25) is 0 Å². The first-order valence-electron chi connectivity index (χ1n) is 2.77. The van der Waals surface area contributed by atoms with Crippen LogP contribution in [0.15, 0.2) is 16.5 Å². The molecule has 1 aromatic rings. The summed E-state index contributed by atoms with van der Waals surface area (Å²) in [6.07, 6.45) is 0.828. The van der Waals surface area contributed by atoms with Crippen LogP contribution in [0.4, 0.5) is 0 Å². The fourth-order valence-electron chi connectivity index (χ4n) is 0.631. The van der Waals surface area contributed by atoms with Gasteiger partial charge in [-0.2, -0.15) is 5.26 Å². The average Bonchev–Trinajstić information content (AvgIpc) is 2.37. The van der Waals surface area contributed by atoms with E-state index in [9.17, 15) is 4.79 Å². The summed E-state index contributed by atoms with van der Waals surface area (Å²) < 4.78 is 4.88. The average molecular weight is 135 g/mol. The van der Waals surface area contributed by atoms with E-state index in [0.717, 1.165) is 0 Å². The molecule has 1 rings (SSSR count). The monoisotopic (exact) mass is 135 g/mol. The van der Waals surface area contributed by atoms with Crippen LogP contribution in [0, 0.1) is 11.3 Å². The normalized spacial score (nSPS) is 8.70. The zero-order valence-corrected chi connectivity index (χ0v) is 5.20. The van der Waals surface area contributed by atoms with Crippen molar-refractivity contribution in [2.75, 3.05) is 0 Å². The van der Waals surface area contributed by atoms with Crippen LogP contribution in [0.2, 0.25) is 0 Å². The molecule has 0 aliphatic heterocycles. The molecular formula is C7H5NO2. The lowest BCUT2D eigenvalue weighted by Gasteiger charge is -1.81. The second-order valence-corrected chi connectivity index (χ2v) is 1.76. The second kappa shape index (κ2) is 2.83. The third-order valence-corrected chi connectivity index (χ3v) is 1.05. The molecule has 0 radical (unpaired) electrons. The molecule has 3 heteroatoms. The first kappa shape index (κ1) is 6.56. The van der Waals surface area contributed by atoms with Gasteiger partial charge in [0.25, 0.3) is 0 Å². The van der Waals surface area contributed by atoms with Gasteiger partial charge in [0, 0.05) is 0 Å². The smallest absolute Gasteiger partial charge is 0.185 e. The van der Waals surface area contributed by atoms with Gasteiger partial charge in [-0.05, 0) is 12.1 Å². The first-order chi connectivity index (χ1) is 4.86. The van der Waals surface area contributed by atoms with E-state index < -0.39 is 0 Å². The Morgan fingerprint density at radius 2 is 2.50 bits per heavy atom. The number of carbonyl (C=O) groups is 1. The highest BCUT2D eigenvalue weighted by molar-refractivity contribution is 5.70. The van der Waals surface area contributed by atoms with Gasteiger partial charge in [-0.25, -0.2) is 0 Å². The van der Waals surface area contributed by atoms with Crippen molar-refractivity contribution in [3.63, 3.8) is 0 Å². The molecule has 1 aromatic heterocycles. The maximum atomic E-state index is 10.0. The highest BCUT2D eigenvalue weighted by atomic mass is 16.3. The van der Waals surface area contributed by atoms with E-state index in [1.165, 1.54) is 0 Å². The van der Waals surface area contributed by atoms with Crippen molar-refractivity contribution in [2.24, 2.45) is 0 Å². The highest BCUT2D eigenvalue weighted by Gasteiger charge is 1.97. The van der Waals surface area contributed by atoms with Crippen molar-refractivity contribution in [1.82, 2.24) is 0 Å². The van der Waals surface area contributed by atoms with Crippen LogP contribution < -0.4 is 0 Å². The Kier molecular flexibility index (Phi) is 1.86. The quantitative estimate of drug-likeness (QED) is 0.571. The molecule has 50 valence electrons. The van der Waals surface area contributed by atoms with Crippen molar-refractivity contribution in [1.29, 1.82) is 5.26 Å². The van der Waals surface area contributed by atoms with Crippen LogP contribution in [0.3, 0.4) is 0 Å². The van der Waals surface area contributed by atoms with E-state index in [1.807, 2.05) is 6.07 Å². The van der Waals surface area contributed by atoms with E-state index in [2.05, 4.69) is 0 Å². The van der Waals surface area contributed by atoms with Gasteiger partial charge in [-0.1, -0.05) is 0 Å². The molecule has 0 aromatic carbocycles. The van der Waals surface area contributed by atoms with Crippen LogP contribution in [-0.2, 0) is 6.42 Å². The van der Waals surface area contributed by atoms with Crippen LogP contribution in [0.1, 0.15) is 16.3 Å². The number of hydrogen-bond acceptors (Lipinski definition) is 3. The Balaban J connectivity index is 2.80. The maximum Gasteiger partial charge on any atom is 0.185 e. The molecule has 0 spiro atoms. The van der Waals surface area contributed by atoms with Crippen LogP contribution >= 0.6 is 0 Å². The molecule has 3 nitrogen and oxygen atoms in total. The van der Waals surface area contributed by atoms with Gasteiger partial charge in [0.15, 0.2) is 12.0 Å². The van der Waals surface area contributed by atoms with E-state index in [0.29, 0.717) is 12.0 Å². The number of aldehydes is 1. The van der Waals surface area contributed by atoms with Crippen LogP contribution in [-0.4, -0.2) is 6.29 Å². The molecule has 0 amide bonds. The molecule has 0 N–H and O–H groups in total. The van der Waals surface area contributed by atoms with E-state index in [4.69, 9.17) is 9.68 Å². The minimum atomic E-state index is 0.216. The number of hydrogen-bond donors (Lipinski definition) is 0. The van der Waals surface area contributed by atoms with E-state index in [-0.39, 0.29) is 12.2 Å². The molecule has 0 saturated carbocycles. The number of rotatable bonds is 2. The Morgan fingerprint density at radius 3 is 3.00 bits per heavy atom. The number of nitriles is 1. The van der Waals surface area contributed by atoms with E-state index in [1.54, 1.807) is 12.1 Å². The van der Waals surface area contributed by atoms with Crippen molar-refractivity contribution < 1.29 is 9.21 Å². The third kappa shape index (κ3) is 1.23. The lowest BCUT2D eigenvalue weighted by atomic mass is 10.3. The van der Waals surface area contributed by atoms with Gasteiger partial charge in [-0.15, -0.1) is 0 Å². The number of nitrogens with zero attached hydrogens (tertiary/aromatic N) is 1. The molecule has 0 unspecified atom stereocenters. The molecule has 1 heterocycles. The standard InChI is InChI=1S/C7H5NO2/c8-4-3-6-1-2-7(5-9)10-6/h1-2,5H,3H2. The molecule has 10 heavy (non-hydrogen) atoms. The largest absolute Gasteiger partial charge is 0.457 e. The SMILES string of the molecule is N#CCc1ccc(C=O)o1. The summed E-state index contributed by atoms with van der Waals surface area (Å²) in [5, 5.41) is 8.20. The van der Waals surface area contributed by atoms with Gasteiger partial charge in [0.1, 0.15) is 5.76 Å². The number of carbonyl (C=O) groups excluding carboxylic acids is 1. The first-order valence-corrected chi connectivity index (χ1v) is 2.77. The summed E-state index contributed by atoms with van der Waals surface area (Å²) in [5.74, 6) is 0.801.